The summed E-state index contributed by atoms with van der Waals surface area (Å²) in [5.74, 6) is 0.0290. The van der Waals surface area contributed by atoms with Gasteiger partial charge in [0, 0.05) is 6.42 Å². The van der Waals surface area contributed by atoms with E-state index >= 15 is 0 Å². The second kappa shape index (κ2) is 18.0. The third kappa shape index (κ3) is 19.6. The molecule has 0 atom stereocenters. The van der Waals surface area contributed by atoms with Crippen LogP contribution in [0.4, 0.5) is 0 Å². The number of carbonyl (C=O) groups excluding carboxylic acids is 1. The van der Waals surface area contributed by atoms with Crippen LogP contribution in [0, 0.1) is 0 Å². The monoisotopic (exact) mass is 342 g/mol. The summed E-state index contributed by atoms with van der Waals surface area (Å²) >= 11 is 0. The number of carbonyl (C=O) groups is 1. The molecular weight excluding hydrogens is 300 g/mol. The SMILES string of the molecule is CCCCCCCCCCCCCCCCCC(=O)O[SiH](C)C. The molecule has 0 saturated carbocycles. The van der Waals surface area contributed by atoms with Crippen molar-refractivity contribution in [1.29, 1.82) is 0 Å². The van der Waals surface area contributed by atoms with E-state index in [1.54, 1.807) is 0 Å². The van der Waals surface area contributed by atoms with Gasteiger partial charge in [0.25, 0.3) is 5.97 Å². The first kappa shape index (κ1) is 22.7. The molecule has 0 aliphatic heterocycles. The number of unbranched alkanes of at least 4 members (excludes halogenated alkanes) is 14. The second-order valence-corrected chi connectivity index (χ2v) is 9.57. The van der Waals surface area contributed by atoms with E-state index in [4.69, 9.17) is 4.43 Å². The lowest BCUT2D eigenvalue weighted by Gasteiger charge is -2.07. The Hall–Kier alpha value is -0.313. The molecule has 0 heterocycles. The molecule has 0 unspecified atom stereocenters. The quantitative estimate of drug-likeness (QED) is 0.215. The minimum absolute atomic E-state index is 0.0290. The molecule has 2 nitrogen and oxygen atoms in total. The van der Waals surface area contributed by atoms with Crippen LogP contribution in [0.3, 0.4) is 0 Å². The molecule has 0 saturated heterocycles. The number of rotatable bonds is 17. The van der Waals surface area contributed by atoms with Gasteiger partial charge in [-0.05, 0) is 19.5 Å². The van der Waals surface area contributed by atoms with Crippen LogP contribution in [0.1, 0.15) is 110 Å². The molecule has 3 heteroatoms. The zero-order chi connectivity index (χ0) is 17.2. The van der Waals surface area contributed by atoms with Gasteiger partial charge in [-0.25, -0.2) is 0 Å². The molecule has 0 bridgehead atoms. The van der Waals surface area contributed by atoms with Gasteiger partial charge in [0.1, 0.15) is 0 Å². The van der Waals surface area contributed by atoms with Gasteiger partial charge in [0.05, 0.1) is 0 Å². The largest absolute Gasteiger partial charge is 0.523 e. The fraction of sp³-hybridized carbons (Fsp3) is 0.950. The predicted molar refractivity (Wildman–Crippen MR) is 105 cm³/mol. The van der Waals surface area contributed by atoms with E-state index < -0.39 is 9.04 Å². The highest BCUT2D eigenvalue weighted by Crippen LogP contribution is 2.13. The Balaban J connectivity index is 3.06. The van der Waals surface area contributed by atoms with Gasteiger partial charge < -0.3 is 4.43 Å². The van der Waals surface area contributed by atoms with Gasteiger partial charge in [-0.1, -0.05) is 96.8 Å². The van der Waals surface area contributed by atoms with Crippen LogP contribution < -0.4 is 0 Å². The summed E-state index contributed by atoms with van der Waals surface area (Å²) in [5.41, 5.74) is 0. The zero-order valence-electron chi connectivity index (χ0n) is 16.2. The van der Waals surface area contributed by atoms with E-state index in [-0.39, 0.29) is 5.97 Å². The molecule has 0 rings (SSSR count). The van der Waals surface area contributed by atoms with Crippen LogP contribution in [-0.2, 0) is 9.22 Å². The van der Waals surface area contributed by atoms with Crippen molar-refractivity contribution >= 4 is 15.0 Å². The average molecular weight is 343 g/mol. The van der Waals surface area contributed by atoms with Crippen LogP contribution in [0.15, 0.2) is 0 Å². The third-order valence-corrected chi connectivity index (χ3v) is 5.09. The fourth-order valence-electron chi connectivity index (χ4n) is 2.96. The van der Waals surface area contributed by atoms with Crippen molar-refractivity contribution in [3.05, 3.63) is 0 Å². The molecule has 0 N–H and O–H groups in total. The van der Waals surface area contributed by atoms with Gasteiger partial charge in [0.2, 0.25) is 9.04 Å². The van der Waals surface area contributed by atoms with Crippen molar-refractivity contribution in [1.82, 2.24) is 0 Å². The maximum Gasteiger partial charge on any atom is 0.292 e. The lowest BCUT2D eigenvalue weighted by Crippen LogP contribution is -2.14. The van der Waals surface area contributed by atoms with Gasteiger partial charge in [-0.3, -0.25) is 4.79 Å². The lowest BCUT2D eigenvalue weighted by atomic mass is 10.0. The van der Waals surface area contributed by atoms with Crippen molar-refractivity contribution < 1.29 is 9.22 Å². The molecule has 0 radical (unpaired) electrons. The smallest absolute Gasteiger partial charge is 0.292 e. The average Bonchev–Trinajstić information content (AvgIpc) is 2.50. The Morgan fingerprint density at radius 2 is 1.00 bits per heavy atom. The summed E-state index contributed by atoms with van der Waals surface area (Å²) in [6.07, 6.45) is 21.0. The Morgan fingerprint density at radius 1 is 0.652 bits per heavy atom. The first-order valence-corrected chi connectivity index (χ1v) is 13.1. The second-order valence-electron chi connectivity index (χ2n) is 7.24. The lowest BCUT2D eigenvalue weighted by molar-refractivity contribution is -0.134. The van der Waals surface area contributed by atoms with E-state index in [1.165, 1.54) is 89.9 Å². The van der Waals surface area contributed by atoms with Crippen LogP contribution in [-0.4, -0.2) is 15.0 Å². The molecule has 0 aliphatic rings. The van der Waals surface area contributed by atoms with Crippen LogP contribution in [0.5, 0.6) is 0 Å². The Morgan fingerprint density at radius 3 is 1.35 bits per heavy atom. The number of hydrogen-bond acceptors (Lipinski definition) is 2. The van der Waals surface area contributed by atoms with E-state index in [2.05, 4.69) is 6.92 Å². The molecule has 0 aromatic heterocycles. The first-order valence-electron chi connectivity index (χ1n) is 10.4. The van der Waals surface area contributed by atoms with Gasteiger partial charge >= 0.3 is 0 Å². The van der Waals surface area contributed by atoms with Crippen molar-refractivity contribution in [2.75, 3.05) is 0 Å². The summed E-state index contributed by atoms with van der Waals surface area (Å²) in [5, 5.41) is 0. The van der Waals surface area contributed by atoms with E-state index in [1.807, 2.05) is 13.1 Å². The summed E-state index contributed by atoms with van der Waals surface area (Å²) in [7, 11) is -1.17. The zero-order valence-corrected chi connectivity index (χ0v) is 17.4. The third-order valence-electron chi connectivity index (χ3n) is 4.35. The first-order chi connectivity index (χ1) is 11.2. The van der Waals surface area contributed by atoms with Gasteiger partial charge in [-0.15, -0.1) is 0 Å². The van der Waals surface area contributed by atoms with Crippen LogP contribution >= 0.6 is 0 Å². The normalized spacial score (nSPS) is 11.1. The highest BCUT2D eigenvalue weighted by molar-refractivity contribution is 6.50. The Kier molecular flexibility index (Phi) is 17.8. The summed E-state index contributed by atoms with van der Waals surface area (Å²) in [4.78, 5) is 11.4. The van der Waals surface area contributed by atoms with Gasteiger partial charge in [-0.2, -0.15) is 0 Å². The molecule has 138 valence electrons. The molecule has 0 aliphatic carbocycles. The standard InChI is InChI=1S/C20H42O2Si/c1-4-5-6-7-8-9-10-11-12-13-14-15-16-17-18-19-20(21)22-23(2)3/h23H,4-19H2,1-3H3. The summed E-state index contributed by atoms with van der Waals surface area (Å²) in [6, 6.07) is 0. The molecular formula is C20H42O2Si. The Bertz CT molecular complexity index is 254. The predicted octanol–water partition coefficient (Wildman–Crippen LogP) is 6.77. The van der Waals surface area contributed by atoms with Crippen LogP contribution in [0.2, 0.25) is 13.1 Å². The van der Waals surface area contributed by atoms with E-state index in [9.17, 15) is 4.79 Å². The van der Waals surface area contributed by atoms with Gasteiger partial charge in [0.15, 0.2) is 0 Å². The van der Waals surface area contributed by atoms with E-state index in [0.29, 0.717) is 6.42 Å². The molecule has 0 fully saturated rings. The maximum atomic E-state index is 11.4. The minimum Gasteiger partial charge on any atom is -0.523 e. The summed E-state index contributed by atoms with van der Waals surface area (Å²) in [6.45, 7) is 6.37. The minimum atomic E-state index is -1.17. The molecule has 0 aromatic rings. The van der Waals surface area contributed by atoms with Crippen molar-refractivity contribution in [2.24, 2.45) is 0 Å². The Labute approximate surface area is 147 Å². The van der Waals surface area contributed by atoms with E-state index in [0.717, 1.165) is 6.42 Å². The molecule has 0 amide bonds. The van der Waals surface area contributed by atoms with Crippen LogP contribution in [0.25, 0.3) is 0 Å². The molecule has 23 heavy (non-hydrogen) atoms. The molecule has 0 aromatic carbocycles. The highest BCUT2D eigenvalue weighted by Gasteiger charge is 2.05. The fourth-order valence-corrected chi connectivity index (χ4v) is 3.61. The summed E-state index contributed by atoms with van der Waals surface area (Å²) < 4.78 is 5.27. The maximum absolute atomic E-state index is 11.4. The topological polar surface area (TPSA) is 26.3 Å². The highest BCUT2D eigenvalue weighted by atomic mass is 28.3. The van der Waals surface area contributed by atoms with Crippen molar-refractivity contribution in [2.45, 2.75) is 123 Å². The molecule has 0 spiro atoms. The van der Waals surface area contributed by atoms with Crippen molar-refractivity contribution in [3.63, 3.8) is 0 Å². The van der Waals surface area contributed by atoms with Crippen molar-refractivity contribution in [3.8, 4) is 0 Å². The number of hydrogen-bond donors (Lipinski definition) is 0.